The summed E-state index contributed by atoms with van der Waals surface area (Å²) in [4.78, 5) is 38.1. The predicted octanol–water partition coefficient (Wildman–Crippen LogP) is 4.20. The number of carboxylic acids is 1. The molecule has 0 saturated carbocycles. The number of esters is 1. The van der Waals surface area contributed by atoms with Crippen molar-refractivity contribution in [1.82, 2.24) is 5.32 Å². The first-order valence-electron chi connectivity index (χ1n) is 10.5. The third-order valence-corrected chi connectivity index (χ3v) is 6.01. The molecule has 1 aliphatic heterocycles. The van der Waals surface area contributed by atoms with Crippen LogP contribution in [0.4, 0.5) is 0 Å². The fraction of sp³-hybridized carbons (Fsp3) is 0.269. The van der Waals surface area contributed by atoms with Crippen molar-refractivity contribution in [3.05, 3.63) is 82.7 Å². The number of carbonyl (C=O) groups is 3. The van der Waals surface area contributed by atoms with Crippen molar-refractivity contribution in [1.29, 1.82) is 0 Å². The standard InChI is InChI=1S/C26H25NO5/c1-26(2)13-18-21(19(28)14-26)20(22(25(31)32-3)23(27-18)24(29)30)17-11-9-16(10-12-17)15-7-5-4-6-8-15/h4-12,20,27H,13-14H2,1-3H3,(H,29,30). The second kappa shape index (κ2) is 8.11. The summed E-state index contributed by atoms with van der Waals surface area (Å²) < 4.78 is 4.94. The molecule has 0 amide bonds. The van der Waals surface area contributed by atoms with Gasteiger partial charge in [-0.25, -0.2) is 9.59 Å². The van der Waals surface area contributed by atoms with E-state index in [2.05, 4.69) is 5.32 Å². The van der Waals surface area contributed by atoms with Crippen LogP contribution < -0.4 is 5.32 Å². The number of Topliss-reactive ketones (excluding diaryl/α,β-unsaturated/α-hetero) is 1. The van der Waals surface area contributed by atoms with Gasteiger partial charge in [0.1, 0.15) is 5.70 Å². The second-order valence-corrected chi connectivity index (χ2v) is 8.96. The molecule has 1 aliphatic carbocycles. The molecule has 4 rings (SSSR count). The van der Waals surface area contributed by atoms with E-state index in [1.807, 2.05) is 68.4 Å². The number of dihydropyridines is 1. The average molecular weight is 431 g/mol. The van der Waals surface area contributed by atoms with Crippen molar-refractivity contribution in [2.24, 2.45) is 5.41 Å². The van der Waals surface area contributed by atoms with Crippen LogP contribution in [0.2, 0.25) is 0 Å². The van der Waals surface area contributed by atoms with Crippen LogP contribution in [-0.4, -0.2) is 29.9 Å². The first kappa shape index (κ1) is 21.6. The molecule has 1 atom stereocenters. The molecule has 2 aromatic carbocycles. The zero-order chi connectivity index (χ0) is 23.0. The quantitative estimate of drug-likeness (QED) is 0.705. The maximum Gasteiger partial charge on any atom is 0.352 e. The molecule has 0 aromatic heterocycles. The van der Waals surface area contributed by atoms with E-state index in [9.17, 15) is 19.5 Å². The second-order valence-electron chi connectivity index (χ2n) is 8.96. The molecule has 2 aliphatic rings. The van der Waals surface area contributed by atoms with Crippen LogP contribution in [0.3, 0.4) is 0 Å². The van der Waals surface area contributed by atoms with Crippen molar-refractivity contribution in [2.45, 2.75) is 32.6 Å². The number of ketones is 1. The zero-order valence-electron chi connectivity index (χ0n) is 18.3. The molecule has 0 spiro atoms. The van der Waals surface area contributed by atoms with Crippen LogP contribution >= 0.6 is 0 Å². The first-order valence-corrected chi connectivity index (χ1v) is 10.5. The Morgan fingerprint density at radius 2 is 1.62 bits per heavy atom. The highest BCUT2D eigenvalue weighted by atomic mass is 16.5. The highest BCUT2D eigenvalue weighted by Crippen LogP contribution is 2.47. The van der Waals surface area contributed by atoms with E-state index in [0.717, 1.165) is 11.1 Å². The maximum atomic E-state index is 13.2. The number of nitrogens with one attached hydrogen (secondary N) is 1. The van der Waals surface area contributed by atoms with Crippen molar-refractivity contribution < 1.29 is 24.2 Å². The van der Waals surface area contributed by atoms with Crippen molar-refractivity contribution in [3.63, 3.8) is 0 Å². The van der Waals surface area contributed by atoms with Crippen molar-refractivity contribution >= 4 is 17.7 Å². The first-order chi connectivity index (χ1) is 15.2. The topological polar surface area (TPSA) is 92.7 Å². The van der Waals surface area contributed by atoms with Crippen LogP contribution in [0, 0.1) is 5.41 Å². The Labute approximate surface area is 186 Å². The number of hydrogen-bond donors (Lipinski definition) is 2. The Morgan fingerprint density at radius 3 is 2.22 bits per heavy atom. The summed E-state index contributed by atoms with van der Waals surface area (Å²) in [5.41, 5.74) is 3.10. The van der Waals surface area contributed by atoms with Crippen LogP contribution in [0.25, 0.3) is 11.1 Å². The molecule has 6 nitrogen and oxygen atoms in total. The van der Waals surface area contributed by atoms with E-state index < -0.39 is 17.9 Å². The van der Waals surface area contributed by atoms with Gasteiger partial charge < -0.3 is 15.2 Å². The Bertz CT molecular complexity index is 1160. The summed E-state index contributed by atoms with van der Waals surface area (Å²) >= 11 is 0. The molecule has 0 bridgehead atoms. The van der Waals surface area contributed by atoms with Gasteiger partial charge >= 0.3 is 11.9 Å². The Balaban J connectivity index is 1.88. The lowest BCUT2D eigenvalue weighted by Crippen LogP contribution is -2.40. The molecule has 6 heteroatoms. The van der Waals surface area contributed by atoms with E-state index in [1.165, 1.54) is 7.11 Å². The molecule has 32 heavy (non-hydrogen) atoms. The number of methoxy groups -OCH3 is 1. The predicted molar refractivity (Wildman–Crippen MR) is 119 cm³/mol. The van der Waals surface area contributed by atoms with E-state index in [1.54, 1.807) is 0 Å². The molecule has 0 fully saturated rings. The van der Waals surface area contributed by atoms with E-state index >= 15 is 0 Å². The minimum atomic E-state index is -1.27. The van der Waals surface area contributed by atoms with E-state index in [0.29, 0.717) is 29.7 Å². The number of carbonyl (C=O) groups excluding carboxylic acids is 2. The monoisotopic (exact) mass is 431 g/mol. The van der Waals surface area contributed by atoms with Crippen molar-refractivity contribution in [2.75, 3.05) is 7.11 Å². The SMILES string of the molecule is COC(=O)C1=C(C(=O)O)NC2=C(C(=O)CC(C)(C)C2)C1c1ccc(-c2ccccc2)cc1. The molecule has 2 aromatic rings. The molecular weight excluding hydrogens is 406 g/mol. The van der Waals surface area contributed by atoms with Crippen LogP contribution in [0.5, 0.6) is 0 Å². The minimum Gasteiger partial charge on any atom is -0.477 e. The van der Waals surface area contributed by atoms with Gasteiger partial charge in [-0.05, 0) is 28.5 Å². The summed E-state index contributed by atoms with van der Waals surface area (Å²) in [5.74, 6) is -2.93. The number of carboxylic acid groups (broad SMARTS) is 1. The molecular formula is C26H25NO5. The van der Waals surface area contributed by atoms with Gasteiger partial charge in [0.15, 0.2) is 5.78 Å². The minimum absolute atomic E-state index is 0.0562. The average Bonchev–Trinajstić information content (AvgIpc) is 2.77. The fourth-order valence-corrected chi connectivity index (χ4v) is 4.62. The third-order valence-electron chi connectivity index (χ3n) is 6.01. The van der Waals surface area contributed by atoms with Gasteiger partial charge in [-0.3, -0.25) is 4.79 Å². The highest BCUT2D eigenvalue weighted by Gasteiger charge is 2.45. The summed E-state index contributed by atoms with van der Waals surface area (Å²) in [7, 11) is 1.21. The number of ether oxygens (including phenoxy) is 1. The lowest BCUT2D eigenvalue weighted by molar-refractivity contribution is -0.138. The van der Waals surface area contributed by atoms with Gasteiger partial charge in [-0.2, -0.15) is 0 Å². The Hall–Kier alpha value is -3.67. The third kappa shape index (κ3) is 3.84. The zero-order valence-corrected chi connectivity index (χ0v) is 18.3. The lowest BCUT2D eigenvalue weighted by Gasteiger charge is -2.39. The maximum absolute atomic E-state index is 13.2. The fourth-order valence-electron chi connectivity index (χ4n) is 4.62. The van der Waals surface area contributed by atoms with Gasteiger partial charge in [-0.15, -0.1) is 0 Å². The van der Waals surface area contributed by atoms with Crippen LogP contribution in [0.1, 0.15) is 38.2 Å². The number of allylic oxidation sites excluding steroid dienone is 2. The number of rotatable bonds is 4. The summed E-state index contributed by atoms with van der Waals surface area (Å²) in [6, 6.07) is 17.4. The smallest absolute Gasteiger partial charge is 0.352 e. The molecule has 1 heterocycles. The van der Waals surface area contributed by atoms with Crippen LogP contribution in [0.15, 0.2) is 77.1 Å². The molecule has 1 unspecified atom stereocenters. The number of hydrogen-bond acceptors (Lipinski definition) is 5. The summed E-state index contributed by atoms with van der Waals surface area (Å²) in [6.45, 7) is 3.94. The molecule has 164 valence electrons. The molecule has 0 saturated heterocycles. The number of benzene rings is 2. The van der Waals surface area contributed by atoms with Crippen molar-refractivity contribution in [3.8, 4) is 11.1 Å². The Kier molecular flexibility index (Phi) is 5.46. The largest absolute Gasteiger partial charge is 0.477 e. The van der Waals surface area contributed by atoms with Crippen LogP contribution in [-0.2, 0) is 19.1 Å². The van der Waals surface area contributed by atoms with Gasteiger partial charge in [0.2, 0.25) is 0 Å². The van der Waals surface area contributed by atoms with E-state index in [4.69, 9.17) is 4.74 Å². The number of aliphatic carboxylic acids is 1. The van der Waals surface area contributed by atoms with E-state index in [-0.39, 0.29) is 22.5 Å². The highest BCUT2D eigenvalue weighted by molar-refractivity contribution is 6.08. The molecule has 0 radical (unpaired) electrons. The summed E-state index contributed by atoms with van der Waals surface area (Å²) in [6.07, 6.45) is 0.834. The Morgan fingerprint density at radius 1 is 1.00 bits per heavy atom. The van der Waals surface area contributed by atoms with Gasteiger partial charge in [0.25, 0.3) is 0 Å². The lowest BCUT2D eigenvalue weighted by atomic mass is 9.68. The van der Waals surface area contributed by atoms with Gasteiger partial charge in [0, 0.05) is 23.6 Å². The molecule has 2 N–H and O–H groups in total. The van der Waals surface area contributed by atoms with Gasteiger partial charge in [0.05, 0.1) is 12.7 Å². The summed E-state index contributed by atoms with van der Waals surface area (Å²) in [5, 5.41) is 12.7. The van der Waals surface area contributed by atoms with Gasteiger partial charge in [-0.1, -0.05) is 68.4 Å². The normalized spacial score (nSPS) is 19.8.